The Morgan fingerprint density at radius 3 is 2.89 bits per heavy atom. The highest BCUT2D eigenvalue weighted by Crippen LogP contribution is 2.17. The van der Waals surface area contributed by atoms with Crippen molar-refractivity contribution in [1.29, 1.82) is 0 Å². The molecule has 0 amide bonds. The first-order valence-corrected chi connectivity index (χ1v) is 3.22. The Balaban J connectivity index is 2.72. The number of amidine groups is 1. The summed E-state index contributed by atoms with van der Waals surface area (Å²) in [7, 11) is 0. The van der Waals surface area contributed by atoms with Crippen LogP contribution in [0, 0.1) is 5.92 Å². The molecule has 1 unspecified atom stereocenters. The second kappa shape index (κ2) is 2.21. The van der Waals surface area contributed by atoms with Crippen LogP contribution in [0.1, 0.15) is 19.8 Å². The zero-order valence-corrected chi connectivity index (χ0v) is 5.72. The van der Waals surface area contributed by atoms with Gasteiger partial charge < -0.3 is 5.73 Å². The third kappa shape index (κ3) is 1.31. The Morgan fingerprint density at radius 1 is 1.78 bits per heavy atom. The van der Waals surface area contributed by atoms with Gasteiger partial charge in [0.15, 0.2) is 0 Å². The number of allylic oxidation sites excluding steroid dienone is 1. The monoisotopic (exact) mass is 124 g/mol. The number of hydrogen-bond acceptors (Lipinski definition) is 2. The van der Waals surface area contributed by atoms with E-state index in [1.54, 1.807) is 0 Å². The van der Waals surface area contributed by atoms with Crippen LogP contribution in [0.25, 0.3) is 0 Å². The fraction of sp³-hybridized carbons (Fsp3) is 0.571. The summed E-state index contributed by atoms with van der Waals surface area (Å²) in [5.41, 5.74) is 6.48. The summed E-state index contributed by atoms with van der Waals surface area (Å²) < 4.78 is 0. The molecule has 1 heterocycles. The topological polar surface area (TPSA) is 38.4 Å². The molecule has 2 nitrogen and oxygen atoms in total. The minimum atomic E-state index is 0.454. The molecule has 2 N–H and O–H groups in total. The minimum absolute atomic E-state index is 0.454. The molecule has 0 saturated carbocycles. The van der Waals surface area contributed by atoms with Crippen LogP contribution in [0.15, 0.2) is 17.3 Å². The summed E-state index contributed by atoms with van der Waals surface area (Å²) in [5.74, 6) is 1.20. The van der Waals surface area contributed by atoms with Gasteiger partial charge in [0.1, 0.15) is 5.84 Å². The average molecular weight is 124 g/mol. The second-order valence-corrected chi connectivity index (χ2v) is 2.54. The van der Waals surface area contributed by atoms with Gasteiger partial charge in [-0.2, -0.15) is 0 Å². The van der Waals surface area contributed by atoms with Crippen LogP contribution < -0.4 is 5.73 Å². The fourth-order valence-corrected chi connectivity index (χ4v) is 0.880. The Labute approximate surface area is 55.5 Å². The second-order valence-electron chi connectivity index (χ2n) is 2.54. The maximum Gasteiger partial charge on any atom is 0.102 e. The number of hydrogen-bond donors (Lipinski definition) is 1. The zero-order valence-electron chi connectivity index (χ0n) is 5.72. The molecule has 0 bridgehead atoms. The summed E-state index contributed by atoms with van der Waals surface area (Å²) in [4.78, 5) is 4.06. The van der Waals surface area contributed by atoms with Gasteiger partial charge in [-0.25, -0.2) is 4.99 Å². The summed E-state index contributed by atoms with van der Waals surface area (Å²) in [5, 5.41) is 0. The Bertz CT molecular complexity index is 158. The molecule has 0 aromatic rings. The van der Waals surface area contributed by atoms with E-state index >= 15 is 0 Å². The minimum Gasteiger partial charge on any atom is -0.387 e. The normalized spacial score (nSPS) is 27.9. The smallest absolute Gasteiger partial charge is 0.102 e. The number of nitrogens with two attached hydrogens (primary N) is 1. The van der Waals surface area contributed by atoms with E-state index in [1.165, 1.54) is 0 Å². The highest BCUT2D eigenvalue weighted by molar-refractivity contribution is 5.84. The number of nitrogens with zero attached hydrogens (tertiary/aromatic N) is 1. The lowest BCUT2D eigenvalue weighted by atomic mass is 10.0. The third-order valence-electron chi connectivity index (χ3n) is 1.66. The third-order valence-corrected chi connectivity index (χ3v) is 1.66. The molecule has 0 aromatic heterocycles. The highest BCUT2D eigenvalue weighted by atomic mass is 14.9. The van der Waals surface area contributed by atoms with Gasteiger partial charge in [0.05, 0.1) is 0 Å². The van der Waals surface area contributed by atoms with Crippen LogP contribution in [-0.4, -0.2) is 5.84 Å². The van der Waals surface area contributed by atoms with E-state index in [4.69, 9.17) is 5.73 Å². The van der Waals surface area contributed by atoms with Crippen molar-refractivity contribution in [2.75, 3.05) is 0 Å². The van der Waals surface area contributed by atoms with Gasteiger partial charge in [-0.3, -0.25) is 0 Å². The zero-order chi connectivity index (χ0) is 6.85. The lowest BCUT2D eigenvalue weighted by Gasteiger charge is -2.16. The maximum atomic E-state index is 5.56. The fourth-order valence-electron chi connectivity index (χ4n) is 0.880. The molecule has 1 aliphatic heterocycles. The Morgan fingerprint density at radius 2 is 2.44 bits per heavy atom. The van der Waals surface area contributed by atoms with E-state index in [0.29, 0.717) is 5.92 Å². The lowest BCUT2D eigenvalue weighted by molar-refractivity contribution is 0.645. The first kappa shape index (κ1) is 6.33. The van der Waals surface area contributed by atoms with Gasteiger partial charge >= 0.3 is 0 Å². The van der Waals surface area contributed by atoms with E-state index in [0.717, 1.165) is 24.4 Å². The molecule has 0 saturated heterocycles. The van der Waals surface area contributed by atoms with Crippen LogP contribution >= 0.6 is 0 Å². The van der Waals surface area contributed by atoms with E-state index in [9.17, 15) is 0 Å². The predicted octanol–water partition coefficient (Wildman–Crippen LogP) is 1.29. The van der Waals surface area contributed by atoms with Gasteiger partial charge in [-0.15, -0.1) is 0 Å². The van der Waals surface area contributed by atoms with Crippen molar-refractivity contribution in [3.05, 3.63) is 12.3 Å². The molecule has 2 heteroatoms. The molecular formula is C7H12N2. The van der Waals surface area contributed by atoms with E-state index in [1.807, 2.05) is 0 Å². The average Bonchev–Trinajstić information content (AvgIpc) is 1.80. The molecular weight excluding hydrogens is 112 g/mol. The predicted molar refractivity (Wildman–Crippen MR) is 39.2 cm³/mol. The summed E-state index contributed by atoms with van der Waals surface area (Å²) >= 11 is 0. The summed E-state index contributed by atoms with van der Waals surface area (Å²) in [6.45, 7) is 5.82. The Kier molecular flexibility index (Phi) is 1.56. The van der Waals surface area contributed by atoms with Crippen LogP contribution in [0.5, 0.6) is 0 Å². The first-order valence-electron chi connectivity index (χ1n) is 3.22. The molecule has 50 valence electrons. The van der Waals surface area contributed by atoms with Crippen molar-refractivity contribution < 1.29 is 0 Å². The lowest BCUT2D eigenvalue weighted by Crippen LogP contribution is -2.24. The molecule has 9 heavy (non-hydrogen) atoms. The molecule has 0 radical (unpaired) electrons. The van der Waals surface area contributed by atoms with Gasteiger partial charge in [0, 0.05) is 11.6 Å². The molecule has 0 spiro atoms. The molecule has 0 aromatic carbocycles. The summed E-state index contributed by atoms with van der Waals surface area (Å²) in [6, 6.07) is 0. The largest absolute Gasteiger partial charge is 0.387 e. The standard InChI is InChI=1S/C7H12N2/c1-5-3-4-6(2)9-7(5)8/h5H,2-4H2,1H3,(H2,8,9). The maximum absolute atomic E-state index is 5.56. The van der Waals surface area contributed by atoms with Crippen LogP contribution in [0.4, 0.5) is 0 Å². The van der Waals surface area contributed by atoms with Crippen LogP contribution in [0.2, 0.25) is 0 Å². The van der Waals surface area contributed by atoms with E-state index in [-0.39, 0.29) is 0 Å². The van der Waals surface area contributed by atoms with E-state index in [2.05, 4.69) is 18.5 Å². The van der Waals surface area contributed by atoms with Crippen molar-refractivity contribution in [3.8, 4) is 0 Å². The van der Waals surface area contributed by atoms with Crippen molar-refractivity contribution >= 4 is 5.84 Å². The van der Waals surface area contributed by atoms with Crippen LogP contribution in [-0.2, 0) is 0 Å². The molecule has 0 fully saturated rings. The van der Waals surface area contributed by atoms with Crippen molar-refractivity contribution in [2.24, 2.45) is 16.6 Å². The molecule has 0 aliphatic carbocycles. The first-order chi connectivity index (χ1) is 4.20. The van der Waals surface area contributed by atoms with Gasteiger partial charge in [-0.1, -0.05) is 13.5 Å². The van der Waals surface area contributed by atoms with Crippen molar-refractivity contribution in [1.82, 2.24) is 0 Å². The molecule has 1 rings (SSSR count). The van der Waals surface area contributed by atoms with E-state index < -0.39 is 0 Å². The van der Waals surface area contributed by atoms with Crippen molar-refractivity contribution in [2.45, 2.75) is 19.8 Å². The van der Waals surface area contributed by atoms with Crippen molar-refractivity contribution in [3.63, 3.8) is 0 Å². The number of aliphatic imine (C=N–C) groups is 1. The molecule has 1 atom stereocenters. The molecule has 1 aliphatic rings. The van der Waals surface area contributed by atoms with Gasteiger partial charge in [-0.05, 0) is 12.8 Å². The Hall–Kier alpha value is -0.790. The van der Waals surface area contributed by atoms with Gasteiger partial charge in [0.2, 0.25) is 0 Å². The van der Waals surface area contributed by atoms with Gasteiger partial charge in [0.25, 0.3) is 0 Å². The van der Waals surface area contributed by atoms with Crippen LogP contribution in [0.3, 0.4) is 0 Å². The summed E-state index contributed by atoms with van der Waals surface area (Å²) in [6.07, 6.45) is 2.11. The quantitative estimate of drug-likeness (QED) is 0.519. The number of rotatable bonds is 0. The SMILES string of the molecule is C=C1CCC(C)C(N)=N1. The highest BCUT2D eigenvalue weighted by Gasteiger charge is 2.12.